The number of rotatable bonds is 5. The molecule has 0 aliphatic rings. The summed E-state index contributed by atoms with van der Waals surface area (Å²) in [6, 6.07) is 9.25. The summed E-state index contributed by atoms with van der Waals surface area (Å²) < 4.78 is 74.1. The standard InChI is InChI=1S/C17H13F3N2O4S/c1-25-11-3-4-12-14(9-11)21-7-6-15(12)26-16-5-2-10(22-27(23)24)8-13(16)17(18,19)20/h2-9,27H,1H3,(H,22,23,24). The summed E-state index contributed by atoms with van der Waals surface area (Å²) in [4.78, 5) is 4.15. The van der Waals surface area contributed by atoms with Crippen molar-refractivity contribution in [3.63, 3.8) is 0 Å². The van der Waals surface area contributed by atoms with E-state index in [1.807, 2.05) is 4.72 Å². The van der Waals surface area contributed by atoms with Gasteiger partial charge in [0.15, 0.2) is 0 Å². The fourth-order valence-corrected chi connectivity index (χ4v) is 2.80. The van der Waals surface area contributed by atoms with Crippen LogP contribution < -0.4 is 14.2 Å². The van der Waals surface area contributed by atoms with Gasteiger partial charge in [-0.25, -0.2) is 8.42 Å². The lowest BCUT2D eigenvalue weighted by Crippen LogP contribution is -2.08. The molecule has 10 heteroatoms. The summed E-state index contributed by atoms with van der Waals surface area (Å²) in [5.74, 6) is 0.256. The van der Waals surface area contributed by atoms with E-state index >= 15 is 0 Å². The molecule has 0 saturated carbocycles. The molecule has 3 rings (SSSR count). The van der Waals surface area contributed by atoms with E-state index in [9.17, 15) is 21.6 Å². The molecule has 0 bridgehead atoms. The number of nitrogens with one attached hydrogen (secondary N) is 1. The first-order chi connectivity index (χ1) is 12.8. The fraction of sp³-hybridized carbons (Fsp3) is 0.118. The summed E-state index contributed by atoms with van der Waals surface area (Å²) >= 11 is 0. The van der Waals surface area contributed by atoms with Gasteiger partial charge in [0.05, 0.1) is 12.6 Å². The average molecular weight is 398 g/mol. The van der Waals surface area contributed by atoms with Gasteiger partial charge in [0.2, 0.25) is 10.9 Å². The first kappa shape index (κ1) is 18.8. The number of alkyl halides is 3. The van der Waals surface area contributed by atoms with Crippen molar-refractivity contribution in [2.24, 2.45) is 0 Å². The van der Waals surface area contributed by atoms with Crippen LogP contribution in [0.3, 0.4) is 0 Å². The van der Waals surface area contributed by atoms with Crippen molar-refractivity contribution in [1.82, 2.24) is 4.98 Å². The van der Waals surface area contributed by atoms with Gasteiger partial charge in [0.1, 0.15) is 22.8 Å². The number of aromatic nitrogens is 1. The van der Waals surface area contributed by atoms with Crippen molar-refractivity contribution in [3.05, 3.63) is 54.2 Å². The average Bonchev–Trinajstić information content (AvgIpc) is 2.61. The van der Waals surface area contributed by atoms with Gasteiger partial charge in [0, 0.05) is 23.3 Å². The SMILES string of the molecule is COc1ccc2c(Oc3ccc(N[SH](=O)=O)cc3C(F)(F)F)ccnc2c1. The van der Waals surface area contributed by atoms with Gasteiger partial charge in [-0.2, -0.15) is 13.2 Å². The number of benzene rings is 2. The van der Waals surface area contributed by atoms with E-state index in [0.717, 1.165) is 6.07 Å². The van der Waals surface area contributed by atoms with Crippen LogP contribution in [-0.4, -0.2) is 20.5 Å². The van der Waals surface area contributed by atoms with Gasteiger partial charge < -0.3 is 9.47 Å². The lowest BCUT2D eigenvalue weighted by Gasteiger charge is -2.16. The topological polar surface area (TPSA) is 77.5 Å². The zero-order valence-corrected chi connectivity index (χ0v) is 14.7. The molecule has 0 aliphatic heterocycles. The molecule has 0 unspecified atom stereocenters. The van der Waals surface area contributed by atoms with Crippen molar-refractivity contribution in [1.29, 1.82) is 0 Å². The zero-order chi connectivity index (χ0) is 19.6. The number of anilines is 1. The number of fused-ring (bicyclic) bond motifs is 1. The third-order valence-electron chi connectivity index (χ3n) is 3.64. The van der Waals surface area contributed by atoms with Crippen molar-refractivity contribution in [3.8, 4) is 17.2 Å². The molecule has 0 saturated heterocycles. The minimum atomic E-state index is -4.74. The molecule has 3 aromatic rings. The summed E-state index contributed by atoms with van der Waals surface area (Å²) in [6.07, 6.45) is -3.34. The third kappa shape index (κ3) is 4.22. The Balaban J connectivity index is 2.06. The molecule has 0 atom stereocenters. The normalized spacial score (nSPS) is 11.6. The number of hydrogen-bond donors (Lipinski definition) is 2. The number of pyridine rings is 1. The van der Waals surface area contributed by atoms with E-state index in [1.165, 1.54) is 25.4 Å². The van der Waals surface area contributed by atoms with E-state index in [1.54, 1.807) is 18.2 Å². The van der Waals surface area contributed by atoms with Crippen LogP contribution in [0.25, 0.3) is 10.9 Å². The number of methoxy groups -OCH3 is 1. The molecule has 1 N–H and O–H groups in total. The Hall–Kier alpha value is -3.01. The van der Waals surface area contributed by atoms with Gasteiger partial charge in [-0.05, 0) is 36.4 Å². The third-order valence-corrected chi connectivity index (χ3v) is 4.08. The lowest BCUT2D eigenvalue weighted by atomic mass is 10.1. The van der Waals surface area contributed by atoms with E-state index < -0.39 is 28.4 Å². The maximum Gasteiger partial charge on any atom is 0.420 e. The Morgan fingerprint density at radius 3 is 2.48 bits per heavy atom. The largest absolute Gasteiger partial charge is 0.497 e. The molecule has 0 spiro atoms. The highest BCUT2D eigenvalue weighted by molar-refractivity contribution is 7.73. The summed E-state index contributed by atoms with van der Waals surface area (Å²) in [6.45, 7) is 0. The number of halogens is 3. The van der Waals surface area contributed by atoms with Crippen molar-refractivity contribution < 1.29 is 31.1 Å². The maximum atomic E-state index is 13.4. The second-order valence-electron chi connectivity index (χ2n) is 5.37. The highest BCUT2D eigenvalue weighted by Crippen LogP contribution is 2.41. The van der Waals surface area contributed by atoms with Crippen LogP contribution in [0.2, 0.25) is 0 Å². The molecule has 0 fully saturated rings. The van der Waals surface area contributed by atoms with Gasteiger partial charge in [-0.15, -0.1) is 0 Å². The Morgan fingerprint density at radius 2 is 1.81 bits per heavy atom. The first-order valence-corrected chi connectivity index (χ1v) is 8.68. The molecule has 0 radical (unpaired) electrons. The maximum absolute atomic E-state index is 13.4. The van der Waals surface area contributed by atoms with Crippen LogP contribution >= 0.6 is 0 Å². The Morgan fingerprint density at radius 1 is 1.04 bits per heavy atom. The number of nitrogens with zero attached hydrogens (tertiary/aromatic N) is 1. The van der Waals surface area contributed by atoms with Gasteiger partial charge in [-0.3, -0.25) is 9.71 Å². The second kappa shape index (κ2) is 7.31. The smallest absolute Gasteiger partial charge is 0.420 e. The highest BCUT2D eigenvalue weighted by Gasteiger charge is 2.35. The monoisotopic (exact) mass is 398 g/mol. The minimum Gasteiger partial charge on any atom is -0.497 e. The van der Waals surface area contributed by atoms with Crippen LogP contribution in [0, 0.1) is 0 Å². The van der Waals surface area contributed by atoms with Crippen LogP contribution in [0.5, 0.6) is 17.2 Å². The number of ether oxygens (including phenoxy) is 2. The van der Waals surface area contributed by atoms with Gasteiger partial charge in [-0.1, -0.05) is 0 Å². The Kier molecular flexibility index (Phi) is 5.08. The van der Waals surface area contributed by atoms with E-state index in [0.29, 0.717) is 22.7 Å². The molecule has 0 aliphatic carbocycles. The predicted molar refractivity (Wildman–Crippen MR) is 93.8 cm³/mol. The quantitative estimate of drug-likeness (QED) is 0.636. The van der Waals surface area contributed by atoms with Gasteiger partial charge >= 0.3 is 6.18 Å². The molecule has 27 heavy (non-hydrogen) atoms. The summed E-state index contributed by atoms with van der Waals surface area (Å²) in [5.41, 5.74) is -0.833. The van der Waals surface area contributed by atoms with Crippen LogP contribution in [0.15, 0.2) is 48.7 Å². The molecule has 1 aromatic heterocycles. The predicted octanol–water partition coefficient (Wildman–Crippen LogP) is 3.99. The van der Waals surface area contributed by atoms with Crippen LogP contribution in [0.1, 0.15) is 5.56 Å². The Bertz CT molecular complexity index is 1060. The first-order valence-electron chi connectivity index (χ1n) is 7.51. The number of thiol groups is 1. The Labute approximate surface area is 153 Å². The van der Waals surface area contributed by atoms with Crippen molar-refractivity contribution >= 4 is 27.5 Å². The fourth-order valence-electron chi connectivity index (χ4n) is 2.45. The van der Waals surface area contributed by atoms with Crippen molar-refractivity contribution in [2.45, 2.75) is 6.18 Å². The molecule has 2 aromatic carbocycles. The zero-order valence-electron chi connectivity index (χ0n) is 13.8. The van der Waals surface area contributed by atoms with Crippen molar-refractivity contribution in [2.75, 3.05) is 11.8 Å². The molecule has 1 heterocycles. The number of hydrogen-bond acceptors (Lipinski definition) is 5. The van der Waals surface area contributed by atoms with E-state index in [2.05, 4.69) is 4.98 Å². The summed E-state index contributed by atoms with van der Waals surface area (Å²) in [7, 11) is -1.60. The van der Waals surface area contributed by atoms with Gasteiger partial charge in [0.25, 0.3) is 0 Å². The second-order valence-corrected chi connectivity index (χ2v) is 6.11. The van der Waals surface area contributed by atoms with E-state index in [4.69, 9.17) is 9.47 Å². The lowest BCUT2D eigenvalue weighted by molar-refractivity contribution is -0.138. The van der Waals surface area contributed by atoms with Crippen LogP contribution in [0.4, 0.5) is 18.9 Å². The minimum absolute atomic E-state index is 0.170. The molecular weight excluding hydrogens is 385 g/mol. The highest BCUT2D eigenvalue weighted by atomic mass is 32.2. The molecule has 142 valence electrons. The molecule has 6 nitrogen and oxygen atoms in total. The molecular formula is C17H13F3N2O4S. The molecule has 0 amide bonds. The summed E-state index contributed by atoms with van der Waals surface area (Å²) in [5, 5.41) is 0.497. The van der Waals surface area contributed by atoms with Crippen LogP contribution in [-0.2, 0) is 17.1 Å². The van der Waals surface area contributed by atoms with E-state index in [-0.39, 0.29) is 11.4 Å².